The molecule has 4 fully saturated rings. The lowest BCUT2D eigenvalue weighted by molar-refractivity contribution is -0.366. The third kappa shape index (κ3) is 10.2. The second-order valence-corrected chi connectivity index (χ2v) is 16.3. The molecule has 1 aliphatic heterocycles. The van der Waals surface area contributed by atoms with Gasteiger partial charge in [-0.2, -0.15) is 0 Å². The topological polar surface area (TPSA) is 295 Å². The molecule has 0 aromatic carbocycles. The Bertz CT molecular complexity index is 1230. The number of carbonyl (C=O) groups excluding carboxylic acids is 1. The van der Waals surface area contributed by atoms with Gasteiger partial charge in [0.2, 0.25) is 18.9 Å². The monoisotopic (exact) mass is 796 g/mol. The van der Waals surface area contributed by atoms with E-state index in [0.717, 1.165) is 18.4 Å². The highest BCUT2D eigenvalue weighted by Crippen LogP contribution is 2.64. The molecule has 0 bridgehead atoms. The van der Waals surface area contributed by atoms with Crippen molar-refractivity contribution in [3.63, 3.8) is 0 Å². The first-order valence-corrected chi connectivity index (χ1v) is 19.3. The Kier molecular flexibility index (Phi) is 16.4. The van der Waals surface area contributed by atoms with Crippen LogP contribution in [0.4, 0.5) is 0 Å². The highest BCUT2D eigenvalue weighted by molar-refractivity contribution is 5.77. The number of rotatable bonds is 17. The normalized spacial score (nSPS) is 39.5. The summed E-state index contributed by atoms with van der Waals surface area (Å²) in [4.78, 5) is 14.4. The molecule has 0 spiro atoms. The SMILES string of the molecule is C=C1CC2CCC3[C@](C)(C(=O)OC(OC(CO)C(C)O)C(O)OC4OC(CO)C(O)C(O)C4O)CCC[C@@]3(C)[C@@H]2CCC1OC(OC(CO)C(C)O)C(O)O. The molecule has 18 atom stereocenters. The molecule has 11 N–H and O–H groups in total. The van der Waals surface area contributed by atoms with Crippen molar-refractivity contribution in [3.05, 3.63) is 12.2 Å². The minimum Gasteiger partial charge on any atom is -0.430 e. The third-order valence-corrected chi connectivity index (χ3v) is 12.6. The van der Waals surface area contributed by atoms with E-state index < -0.39 is 118 Å². The second-order valence-electron chi connectivity index (χ2n) is 16.3. The van der Waals surface area contributed by atoms with Gasteiger partial charge in [0.05, 0.1) is 43.5 Å². The molecule has 320 valence electrons. The maximum Gasteiger partial charge on any atom is 0.314 e. The number of aliphatic hydroxyl groups is 11. The maximum atomic E-state index is 14.4. The van der Waals surface area contributed by atoms with Crippen molar-refractivity contribution in [2.45, 2.75) is 165 Å². The van der Waals surface area contributed by atoms with Crippen LogP contribution in [-0.2, 0) is 33.2 Å². The van der Waals surface area contributed by atoms with Gasteiger partial charge < -0.3 is 84.6 Å². The van der Waals surface area contributed by atoms with Gasteiger partial charge >= 0.3 is 5.97 Å². The lowest BCUT2D eigenvalue weighted by Crippen LogP contribution is -2.60. The molecule has 1 saturated heterocycles. The zero-order valence-corrected chi connectivity index (χ0v) is 32.1. The number of ether oxygens (including phenoxy) is 6. The van der Waals surface area contributed by atoms with E-state index >= 15 is 0 Å². The quantitative estimate of drug-likeness (QED) is 0.0436. The van der Waals surface area contributed by atoms with Crippen molar-refractivity contribution < 1.29 is 89.4 Å². The van der Waals surface area contributed by atoms with Gasteiger partial charge in [-0.25, -0.2) is 0 Å². The van der Waals surface area contributed by atoms with Crippen LogP contribution in [0.2, 0.25) is 0 Å². The minimum atomic E-state index is -2.20. The molecule has 1 heterocycles. The Labute approximate surface area is 321 Å². The van der Waals surface area contributed by atoms with Crippen LogP contribution < -0.4 is 0 Å². The number of esters is 1. The van der Waals surface area contributed by atoms with E-state index in [1.165, 1.54) is 13.8 Å². The fraction of sp³-hybridized carbons (Fsp3) is 0.919. The molecule has 15 unspecified atom stereocenters. The van der Waals surface area contributed by atoms with Crippen molar-refractivity contribution in [2.75, 3.05) is 19.8 Å². The molecule has 0 radical (unpaired) electrons. The molecule has 3 saturated carbocycles. The maximum absolute atomic E-state index is 14.4. The molecule has 4 rings (SSSR count). The van der Waals surface area contributed by atoms with Gasteiger partial charge in [0.15, 0.2) is 6.29 Å². The first-order valence-electron chi connectivity index (χ1n) is 19.3. The average molecular weight is 797 g/mol. The number of hydrogen-bond acceptors (Lipinski definition) is 18. The zero-order valence-electron chi connectivity index (χ0n) is 32.1. The van der Waals surface area contributed by atoms with Crippen LogP contribution in [0.1, 0.15) is 79.1 Å². The van der Waals surface area contributed by atoms with Crippen molar-refractivity contribution in [1.82, 2.24) is 0 Å². The first-order chi connectivity index (χ1) is 25.8. The van der Waals surface area contributed by atoms with Crippen LogP contribution in [0.25, 0.3) is 0 Å². The molecule has 55 heavy (non-hydrogen) atoms. The Morgan fingerprint density at radius 2 is 1.45 bits per heavy atom. The summed E-state index contributed by atoms with van der Waals surface area (Å²) < 4.78 is 33.8. The minimum absolute atomic E-state index is 0.0891. The molecular formula is C37H64O18. The lowest BCUT2D eigenvalue weighted by atomic mass is 9.45. The van der Waals surface area contributed by atoms with Crippen molar-refractivity contribution in [3.8, 4) is 0 Å². The van der Waals surface area contributed by atoms with Gasteiger partial charge in [0.1, 0.15) is 36.6 Å². The van der Waals surface area contributed by atoms with Gasteiger partial charge in [-0.3, -0.25) is 4.79 Å². The predicted octanol–water partition coefficient (Wildman–Crippen LogP) is -1.89. The first kappa shape index (κ1) is 46.3. The van der Waals surface area contributed by atoms with E-state index in [0.29, 0.717) is 38.5 Å². The largest absolute Gasteiger partial charge is 0.430 e. The Hall–Kier alpha value is -1.43. The molecule has 18 nitrogen and oxygen atoms in total. The van der Waals surface area contributed by atoms with Gasteiger partial charge in [-0.1, -0.05) is 19.9 Å². The zero-order chi connectivity index (χ0) is 41.0. The summed E-state index contributed by atoms with van der Waals surface area (Å²) in [5.74, 6) is -0.693. The van der Waals surface area contributed by atoms with Crippen LogP contribution in [0.15, 0.2) is 12.2 Å². The Balaban J connectivity index is 1.53. The van der Waals surface area contributed by atoms with Gasteiger partial charge in [0, 0.05) is 0 Å². The number of hydrogen-bond donors (Lipinski definition) is 11. The van der Waals surface area contributed by atoms with Crippen LogP contribution in [0, 0.1) is 28.6 Å². The van der Waals surface area contributed by atoms with E-state index in [1.807, 2.05) is 0 Å². The summed E-state index contributed by atoms with van der Waals surface area (Å²) in [6.45, 7) is 8.87. The number of carbonyl (C=O) groups is 1. The van der Waals surface area contributed by atoms with Crippen LogP contribution in [-0.4, -0.2) is 168 Å². The van der Waals surface area contributed by atoms with Crippen LogP contribution >= 0.6 is 0 Å². The number of aliphatic hydroxyl groups excluding tert-OH is 10. The fourth-order valence-electron chi connectivity index (χ4n) is 9.42. The van der Waals surface area contributed by atoms with E-state index in [9.17, 15) is 61.0 Å². The van der Waals surface area contributed by atoms with Gasteiger partial charge in [-0.05, 0) is 94.5 Å². The third-order valence-electron chi connectivity index (χ3n) is 12.6. The van der Waals surface area contributed by atoms with E-state index in [4.69, 9.17) is 28.4 Å². The van der Waals surface area contributed by atoms with Crippen LogP contribution in [0.3, 0.4) is 0 Å². The second kappa shape index (κ2) is 19.5. The predicted molar refractivity (Wildman–Crippen MR) is 188 cm³/mol. The van der Waals surface area contributed by atoms with Crippen molar-refractivity contribution in [2.24, 2.45) is 28.6 Å². The summed E-state index contributed by atoms with van der Waals surface area (Å²) in [6.07, 6.45) is -16.9. The van der Waals surface area contributed by atoms with E-state index in [-0.39, 0.29) is 23.2 Å². The van der Waals surface area contributed by atoms with E-state index in [1.54, 1.807) is 6.92 Å². The Morgan fingerprint density at radius 3 is 2.02 bits per heavy atom. The molecule has 3 aliphatic carbocycles. The Morgan fingerprint density at radius 1 is 0.836 bits per heavy atom. The van der Waals surface area contributed by atoms with Crippen molar-refractivity contribution in [1.29, 1.82) is 0 Å². The molecule has 0 aromatic rings. The smallest absolute Gasteiger partial charge is 0.314 e. The molecular weight excluding hydrogens is 732 g/mol. The summed E-state index contributed by atoms with van der Waals surface area (Å²) in [7, 11) is 0. The standard InChI is InChI=1S/C37H64O18/c1-17-13-20-7-10-26-36(4,21(20)8-9-22(17)50-33(30(46)47)51-23(14-38)18(2)41)11-6-12-37(26,5)35(49)55-34(52-24(15-39)19(3)42)31(48)54-32-29(45)28(44)27(43)25(16-40)53-32/h18-34,38-48H,1,6-16H2,2-5H3/t18?,19?,20?,21-,22?,23?,24?,25?,26?,27?,28?,29?,31?,32?,33?,34?,36+,37-/m1/s1. The van der Waals surface area contributed by atoms with Gasteiger partial charge in [0.25, 0.3) is 6.29 Å². The molecule has 0 amide bonds. The van der Waals surface area contributed by atoms with Crippen molar-refractivity contribution >= 4 is 5.97 Å². The summed E-state index contributed by atoms with van der Waals surface area (Å²) in [5.41, 5.74) is -0.759. The summed E-state index contributed by atoms with van der Waals surface area (Å²) in [6, 6.07) is 0. The molecule has 4 aliphatic rings. The highest BCUT2D eigenvalue weighted by Gasteiger charge is 2.60. The number of fused-ring (bicyclic) bond motifs is 3. The van der Waals surface area contributed by atoms with E-state index in [2.05, 4.69) is 13.5 Å². The summed E-state index contributed by atoms with van der Waals surface area (Å²) in [5, 5.41) is 111. The van der Waals surface area contributed by atoms with Crippen LogP contribution in [0.5, 0.6) is 0 Å². The molecule has 18 heteroatoms. The molecule has 0 aromatic heterocycles. The highest BCUT2D eigenvalue weighted by atomic mass is 16.8. The fourth-order valence-corrected chi connectivity index (χ4v) is 9.42. The average Bonchev–Trinajstić information content (AvgIpc) is 3.29. The lowest BCUT2D eigenvalue weighted by Gasteiger charge is -2.59. The van der Waals surface area contributed by atoms with Gasteiger partial charge in [-0.15, -0.1) is 0 Å². The summed E-state index contributed by atoms with van der Waals surface area (Å²) >= 11 is 0.